The van der Waals surface area contributed by atoms with Crippen LogP contribution in [0.5, 0.6) is 0 Å². The number of esters is 1. The number of methoxy groups -OCH3 is 1. The standard InChI is InChI=1S/C19H25ClN4O3S/c1-12(18(25)26-2)28-19-23-22-17(24(19)11-15-4-3-9-27-15)16(21)10-13-5-7-14(20)8-6-13/h5-8,12,15-16H,3-4,9-11,21H2,1-2H3. The lowest BCUT2D eigenvalue weighted by atomic mass is 10.1. The van der Waals surface area contributed by atoms with Crippen LogP contribution in [0.3, 0.4) is 0 Å². The van der Waals surface area contributed by atoms with Crippen LogP contribution < -0.4 is 5.73 Å². The summed E-state index contributed by atoms with van der Waals surface area (Å²) in [4.78, 5) is 11.8. The Labute approximate surface area is 173 Å². The molecule has 1 aromatic carbocycles. The Kier molecular flexibility index (Phi) is 7.34. The molecule has 7 nitrogen and oxygen atoms in total. The lowest BCUT2D eigenvalue weighted by Crippen LogP contribution is -2.24. The van der Waals surface area contributed by atoms with E-state index in [9.17, 15) is 4.79 Å². The first-order valence-electron chi connectivity index (χ1n) is 9.27. The molecule has 0 spiro atoms. The number of thioether (sulfide) groups is 1. The molecule has 1 aliphatic heterocycles. The Morgan fingerprint density at radius 1 is 1.43 bits per heavy atom. The molecule has 1 fully saturated rings. The Hall–Kier alpha value is -1.61. The molecule has 0 amide bonds. The van der Waals surface area contributed by atoms with E-state index in [2.05, 4.69) is 10.2 Å². The fourth-order valence-electron chi connectivity index (χ4n) is 3.16. The molecule has 3 rings (SSSR count). The van der Waals surface area contributed by atoms with Crippen molar-refractivity contribution in [1.82, 2.24) is 14.8 Å². The van der Waals surface area contributed by atoms with Crippen LogP contribution in [0, 0.1) is 0 Å². The minimum Gasteiger partial charge on any atom is -0.468 e. The normalized spacial score (nSPS) is 18.8. The number of hydrogen-bond acceptors (Lipinski definition) is 7. The summed E-state index contributed by atoms with van der Waals surface area (Å²) in [6, 6.07) is 7.27. The average molecular weight is 425 g/mol. The zero-order valence-corrected chi connectivity index (χ0v) is 17.6. The SMILES string of the molecule is COC(=O)C(C)Sc1nnc(C(N)Cc2ccc(Cl)cc2)n1CC1CCCO1. The van der Waals surface area contributed by atoms with Gasteiger partial charge in [0.25, 0.3) is 0 Å². The summed E-state index contributed by atoms with van der Waals surface area (Å²) < 4.78 is 12.6. The van der Waals surface area contributed by atoms with Crippen LogP contribution >= 0.6 is 23.4 Å². The van der Waals surface area contributed by atoms with Crippen molar-refractivity contribution < 1.29 is 14.3 Å². The molecule has 2 heterocycles. The number of rotatable bonds is 8. The third-order valence-corrected chi connectivity index (χ3v) is 5.98. The Bertz CT molecular complexity index is 793. The van der Waals surface area contributed by atoms with E-state index in [0.717, 1.165) is 25.0 Å². The highest BCUT2D eigenvalue weighted by Gasteiger charge is 2.26. The lowest BCUT2D eigenvalue weighted by Gasteiger charge is -2.18. The van der Waals surface area contributed by atoms with Gasteiger partial charge in [-0.05, 0) is 43.9 Å². The summed E-state index contributed by atoms with van der Waals surface area (Å²) in [6.45, 7) is 3.17. The third-order valence-electron chi connectivity index (χ3n) is 4.67. The largest absolute Gasteiger partial charge is 0.468 e. The van der Waals surface area contributed by atoms with E-state index in [0.29, 0.717) is 29.0 Å². The second kappa shape index (κ2) is 9.73. The molecule has 0 saturated carbocycles. The van der Waals surface area contributed by atoms with Crippen LogP contribution in [-0.2, 0) is 27.2 Å². The maximum absolute atomic E-state index is 11.8. The van der Waals surface area contributed by atoms with Gasteiger partial charge in [0, 0.05) is 11.6 Å². The summed E-state index contributed by atoms with van der Waals surface area (Å²) in [7, 11) is 1.38. The first-order valence-corrected chi connectivity index (χ1v) is 10.5. The second-order valence-corrected chi connectivity index (χ2v) is 8.55. The number of carbonyl (C=O) groups is 1. The molecule has 0 bridgehead atoms. The predicted octanol–water partition coefficient (Wildman–Crippen LogP) is 3.01. The number of benzene rings is 1. The fourth-order valence-corrected chi connectivity index (χ4v) is 4.18. The number of aromatic nitrogens is 3. The molecular weight excluding hydrogens is 400 g/mol. The molecule has 28 heavy (non-hydrogen) atoms. The lowest BCUT2D eigenvalue weighted by molar-refractivity contribution is -0.139. The Balaban J connectivity index is 1.81. The number of halogens is 1. The second-order valence-electron chi connectivity index (χ2n) is 6.81. The van der Waals surface area contributed by atoms with Gasteiger partial charge in [0.1, 0.15) is 5.25 Å². The van der Waals surface area contributed by atoms with E-state index < -0.39 is 5.25 Å². The molecule has 2 N–H and O–H groups in total. The quantitative estimate of drug-likeness (QED) is 0.514. The van der Waals surface area contributed by atoms with Gasteiger partial charge in [-0.3, -0.25) is 4.79 Å². The Morgan fingerprint density at radius 2 is 2.18 bits per heavy atom. The molecular formula is C19H25ClN4O3S. The van der Waals surface area contributed by atoms with E-state index in [1.807, 2.05) is 28.8 Å². The number of nitrogens with two attached hydrogens (primary N) is 1. The van der Waals surface area contributed by atoms with E-state index in [-0.39, 0.29) is 18.1 Å². The average Bonchev–Trinajstić information content (AvgIpc) is 3.34. The molecule has 9 heteroatoms. The first-order chi connectivity index (χ1) is 13.5. The predicted molar refractivity (Wildman–Crippen MR) is 108 cm³/mol. The highest BCUT2D eigenvalue weighted by Crippen LogP contribution is 2.27. The smallest absolute Gasteiger partial charge is 0.318 e. The van der Waals surface area contributed by atoms with E-state index in [1.165, 1.54) is 18.9 Å². The van der Waals surface area contributed by atoms with Crippen molar-refractivity contribution in [2.75, 3.05) is 13.7 Å². The van der Waals surface area contributed by atoms with E-state index in [1.54, 1.807) is 6.92 Å². The monoisotopic (exact) mass is 424 g/mol. The number of nitrogens with zero attached hydrogens (tertiary/aromatic N) is 3. The third kappa shape index (κ3) is 5.26. The number of ether oxygens (including phenoxy) is 2. The van der Waals surface area contributed by atoms with Crippen molar-refractivity contribution in [2.45, 2.75) is 55.3 Å². The van der Waals surface area contributed by atoms with Crippen molar-refractivity contribution in [3.05, 3.63) is 40.7 Å². The van der Waals surface area contributed by atoms with Crippen molar-refractivity contribution in [3.8, 4) is 0 Å². The van der Waals surface area contributed by atoms with Gasteiger partial charge in [-0.2, -0.15) is 0 Å². The topological polar surface area (TPSA) is 92.3 Å². The van der Waals surface area contributed by atoms with Gasteiger partial charge in [0.15, 0.2) is 11.0 Å². The molecule has 2 aromatic rings. The zero-order chi connectivity index (χ0) is 20.1. The molecule has 0 aliphatic carbocycles. The molecule has 0 radical (unpaired) electrons. The van der Waals surface area contributed by atoms with Crippen LogP contribution in [0.4, 0.5) is 0 Å². The van der Waals surface area contributed by atoms with Gasteiger partial charge in [0.05, 0.1) is 25.8 Å². The molecule has 3 atom stereocenters. The minimum atomic E-state index is -0.391. The van der Waals surface area contributed by atoms with E-state index >= 15 is 0 Å². The first kappa shape index (κ1) is 21.1. The maximum Gasteiger partial charge on any atom is 0.318 e. The van der Waals surface area contributed by atoms with Gasteiger partial charge in [-0.25, -0.2) is 0 Å². The van der Waals surface area contributed by atoms with Crippen LogP contribution in [0.1, 0.15) is 37.2 Å². The van der Waals surface area contributed by atoms with Crippen LogP contribution in [0.2, 0.25) is 5.02 Å². The van der Waals surface area contributed by atoms with Crippen LogP contribution in [0.25, 0.3) is 0 Å². The van der Waals surface area contributed by atoms with Crippen molar-refractivity contribution >= 4 is 29.3 Å². The summed E-state index contributed by atoms with van der Waals surface area (Å²) in [5, 5.41) is 9.59. The fraction of sp³-hybridized carbons (Fsp3) is 0.526. The molecule has 1 aliphatic rings. The van der Waals surface area contributed by atoms with Gasteiger partial charge >= 0.3 is 5.97 Å². The van der Waals surface area contributed by atoms with Gasteiger partial charge in [-0.15, -0.1) is 10.2 Å². The van der Waals surface area contributed by atoms with Gasteiger partial charge in [0.2, 0.25) is 0 Å². The van der Waals surface area contributed by atoms with Crippen LogP contribution in [-0.4, -0.2) is 45.8 Å². The summed E-state index contributed by atoms with van der Waals surface area (Å²) in [5.74, 6) is 0.383. The van der Waals surface area contributed by atoms with Crippen LogP contribution in [0.15, 0.2) is 29.4 Å². The number of carbonyl (C=O) groups excluding carboxylic acids is 1. The van der Waals surface area contributed by atoms with Gasteiger partial charge in [-0.1, -0.05) is 35.5 Å². The van der Waals surface area contributed by atoms with E-state index in [4.69, 9.17) is 26.8 Å². The van der Waals surface area contributed by atoms with Gasteiger partial charge < -0.3 is 19.8 Å². The number of hydrogen-bond donors (Lipinski definition) is 1. The van der Waals surface area contributed by atoms with Crippen molar-refractivity contribution in [1.29, 1.82) is 0 Å². The maximum atomic E-state index is 11.8. The molecule has 1 aromatic heterocycles. The zero-order valence-electron chi connectivity index (χ0n) is 16.0. The summed E-state index contributed by atoms with van der Waals surface area (Å²) in [6.07, 6.45) is 2.74. The minimum absolute atomic E-state index is 0.102. The summed E-state index contributed by atoms with van der Waals surface area (Å²) in [5.41, 5.74) is 7.54. The molecule has 152 valence electrons. The van der Waals surface area contributed by atoms with Crippen molar-refractivity contribution in [3.63, 3.8) is 0 Å². The highest BCUT2D eigenvalue weighted by molar-refractivity contribution is 8.00. The van der Waals surface area contributed by atoms with Crippen molar-refractivity contribution in [2.24, 2.45) is 5.73 Å². The highest BCUT2D eigenvalue weighted by atomic mass is 35.5. The molecule has 1 saturated heterocycles. The molecule has 3 unspecified atom stereocenters. The summed E-state index contributed by atoms with van der Waals surface area (Å²) >= 11 is 7.28. The Morgan fingerprint density at radius 3 is 2.82 bits per heavy atom.